The Morgan fingerprint density at radius 2 is 1.86 bits per heavy atom. The fourth-order valence-electron chi connectivity index (χ4n) is 5.14. The van der Waals surface area contributed by atoms with Gasteiger partial charge in [0.15, 0.2) is 5.84 Å². The Morgan fingerprint density at radius 3 is 2.57 bits per heavy atom. The third kappa shape index (κ3) is 4.92. The van der Waals surface area contributed by atoms with Crippen LogP contribution in [0, 0.1) is 11.7 Å². The number of hydrogen-bond donors (Lipinski definition) is 3. The molecule has 0 radical (unpaired) electrons. The number of benzene rings is 2. The van der Waals surface area contributed by atoms with Crippen LogP contribution in [-0.2, 0) is 31.4 Å². The highest BCUT2D eigenvalue weighted by Crippen LogP contribution is 2.41. The van der Waals surface area contributed by atoms with Gasteiger partial charge in [-0.2, -0.15) is 8.42 Å². The standard InChI is InChI=1S/C24H25FN4O6S2/c1-36(32,33)27-16-10-11-18-20(12-16)37(34,35)28-23(26-18)21-22(30)17-4-2-3-5-19(17)29(24(21)31)13-14-6-8-15(25)9-7-14/h6-12,17,19,27,30H,2-5,13H2,1H3,(H,26,28). The van der Waals surface area contributed by atoms with Gasteiger partial charge < -0.3 is 15.3 Å². The first-order valence-corrected chi connectivity index (χ1v) is 15.0. The lowest BCUT2D eigenvalue weighted by molar-refractivity contribution is -0.133. The van der Waals surface area contributed by atoms with Gasteiger partial charge in [-0.25, -0.2) is 12.8 Å². The van der Waals surface area contributed by atoms with Gasteiger partial charge in [-0.3, -0.25) is 9.52 Å². The quantitative estimate of drug-likeness (QED) is 0.521. The zero-order chi connectivity index (χ0) is 26.5. The largest absolute Gasteiger partial charge is 0.511 e. The molecule has 0 aromatic heterocycles. The maximum atomic E-state index is 13.7. The van der Waals surface area contributed by atoms with Crippen LogP contribution in [0.25, 0.3) is 0 Å². The molecular formula is C24H25FN4O6S2. The fraction of sp³-hybridized carbons (Fsp3) is 0.333. The van der Waals surface area contributed by atoms with Gasteiger partial charge in [0.25, 0.3) is 15.9 Å². The number of amides is 1. The van der Waals surface area contributed by atoms with Crippen molar-refractivity contribution >= 4 is 43.2 Å². The van der Waals surface area contributed by atoms with E-state index < -0.39 is 37.7 Å². The summed E-state index contributed by atoms with van der Waals surface area (Å²) in [5, 5.41) is 14.0. The number of fused-ring (bicyclic) bond motifs is 2. The molecule has 0 spiro atoms. The van der Waals surface area contributed by atoms with Crippen molar-refractivity contribution in [1.29, 1.82) is 0 Å². The summed E-state index contributed by atoms with van der Waals surface area (Å²) in [4.78, 5) is 15.1. The first-order chi connectivity index (χ1) is 17.4. The highest BCUT2D eigenvalue weighted by Gasteiger charge is 2.45. The molecule has 196 valence electrons. The van der Waals surface area contributed by atoms with Crippen LogP contribution in [0.3, 0.4) is 0 Å². The van der Waals surface area contributed by atoms with E-state index in [1.165, 1.54) is 24.3 Å². The van der Waals surface area contributed by atoms with Crippen molar-refractivity contribution < 1.29 is 31.1 Å². The highest BCUT2D eigenvalue weighted by molar-refractivity contribution is 7.92. The summed E-state index contributed by atoms with van der Waals surface area (Å²) in [5.41, 5.74) is 0.602. The lowest BCUT2D eigenvalue weighted by atomic mass is 9.78. The second-order valence-electron chi connectivity index (χ2n) is 9.40. The first-order valence-electron chi connectivity index (χ1n) is 11.7. The normalized spacial score (nSPS) is 23.0. The van der Waals surface area contributed by atoms with E-state index >= 15 is 0 Å². The molecule has 10 nitrogen and oxygen atoms in total. The topological polar surface area (TPSA) is 145 Å². The van der Waals surface area contributed by atoms with E-state index in [-0.39, 0.29) is 46.0 Å². The number of anilines is 2. The van der Waals surface area contributed by atoms with E-state index in [1.54, 1.807) is 17.0 Å². The number of halogens is 1. The van der Waals surface area contributed by atoms with Crippen molar-refractivity contribution in [2.24, 2.45) is 10.3 Å². The Kier molecular flexibility index (Phi) is 6.23. The van der Waals surface area contributed by atoms with Crippen molar-refractivity contribution in [1.82, 2.24) is 4.90 Å². The van der Waals surface area contributed by atoms with Crippen LogP contribution in [0.15, 0.2) is 63.1 Å². The van der Waals surface area contributed by atoms with Crippen LogP contribution in [0.5, 0.6) is 0 Å². The Hall–Kier alpha value is -3.45. The molecule has 1 amide bonds. The fourth-order valence-corrected chi connectivity index (χ4v) is 6.84. The van der Waals surface area contributed by atoms with Crippen molar-refractivity contribution in [3.63, 3.8) is 0 Å². The summed E-state index contributed by atoms with van der Waals surface area (Å²) in [7, 11) is -7.98. The maximum Gasteiger partial charge on any atom is 0.286 e. The molecule has 13 heteroatoms. The second kappa shape index (κ2) is 9.14. The smallest absolute Gasteiger partial charge is 0.286 e. The Balaban J connectivity index is 1.54. The molecule has 5 rings (SSSR count). The Labute approximate surface area is 214 Å². The minimum atomic E-state index is -4.34. The highest BCUT2D eigenvalue weighted by atomic mass is 32.2. The van der Waals surface area contributed by atoms with Crippen LogP contribution in [-0.4, -0.2) is 50.9 Å². The minimum absolute atomic E-state index is 0.0385. The molecule has 2 aliphatic heterocycles. The zero-order valence-corrected chi connectivity index (χ0v) is 21.4. The van der Waals surface area contributed by atoms with Crippen LogP contribution >= 0.6 is 0 Å². The number of amidine groups is 1. The molecule has 3 N–H and O–H groups in total. The molecule has 0 bridgehead atoms. The van der Waals surface area contributed by atoms with E-state index in [1.807, 2.05) is 0 Å². The van der Waals surface area contributed by atoms with Crippen LogP contribution < -0.4 is 10.0 Å². The first kappa shape index (κ1) is 25.2. The van der Waals surface area contributed by atoms with Crippen molar-refractivity contribution in [2.45, 2.75) is 43.2 Å². The molecule has 1 aliphatic carbocycles. The maximum absolute atomic E-state index is 13.7. The number of sulfonamides is 2. The van der Waals surface area contributed by atoms with Crippen molar-refractivity contribution in [3.8, 4) is 0 Å². The summed E-state index contributed by atoms with van der Waals surface area (Å²) < 4.78 is 68.7. The predicted molar refractivity (Wildman–Crippen MR) is 136 cm³/mol. The summed E-state index contributed by atoms with van der Waals surface area (Å²) >= 11 is 0. The summed E-state index contributed by atoms with van der Waals surface area (Å²) in [6, 6.07) is 9.36. The van der Waals surface area contributed by atoms with Crippen LogP contribution in [0.4, 0.5) is 15.8 Å². The Bertz CT molecular complexity index is 1550. The molecule has 2 unspecified atom stereocenters. The molecule has 2 atom stereocenters. The summed E-state index contributed by atoms with van der Waals surface area (Å²) in [6.07, 6.45) is 3.95. The number of aliphatic hydroxyl groups excluding tert-OH is 1. The van der Waals surface area contributed by atoms with Gasteiger partial charge in [0.1, 0.15) is 22.0 Å². The van der Waals surface area contributed by atoms with Gasteiger partial charge in [-0.15, -0.1) is 4.40 Å². The number of rotatable bonds is 5. The minimum Gasteiger partial charge on any atom is -0.511 e. The van der Waals surface area contributed by atoms with Gasteiger partial charge in [-0.1, -0.05) is 25.0 Å². The molecule has 3 aliphatic rings. The lowest BCUT2D eigenvalue weighted by Crippen LogP contribution is -2.52. The number of hydrogen-bond acceptors (Lipinski definition) is 7. The molecule has 1 fully saturated rings. The van der Waals surface area contributed by atoms with E-state index in [0.29, 0.717) is 18.4 Å². The second-order valence-corrected chi connectivity index (χ2v) is 12.7. The molecule has 37 heavy (non-hydrogen) atoms. The Morgan fingerprint density at radius 1 is 1.16 bits per heavy atom. The molecular weight excluding hydrogens is 523 g/mol. The number of aliphatic hydroxyl groups is 1. The lowest BCUT2D eigenvalue weighted by Gasteiger charge is -2.44. The molecule has 1 saturated carbocycles. The van der Waals surface area contributed by atoms with E-state index in [4.69, 9.17) is 0 Å². The predicted octanol–water partition coefficient (Wildman–Crippen LogP) is 3.12. The number of nitrogens with zero attached hydrogens (tertiary/aromatic N) is 2. The number of carbonyl (C=O) groups is 1. The van der Waals surface area contributed by atoms with Gasteiger partial charge in [0, 0.05) is 24.2 Å². The van der Waals surface area contributed by atoms with Crippen LogP contribution in [0.1, 0.15) is 31.2 Å². The molecule has 2 aromatic rings. The van der Waals surface area contributed by atoms with E-state index in [2.05, 4.69) is 14.4 Å². The summed E-state index contributed by atoms with van der Waals surface area (Å²) in [6.45, 7) is 0.161. The van der Waals surface area contributed by atoms with Gasteiger partial charge in [0.2, 0.25) is 10.0 Å². The monoisotopic (exact) mass is 548 g/mol. The van der Waals surface area contributed by atoms with E-state index in [0.717, 1.165) is 25.2 Å². The third-order valence-electron chi connectivity index (χ3n) is 6.74. The zero-order valence-electron chi connectivity index (χ0n) is 19.8. The third-order valence-corrected chi connectivity index (χ3v) is 8.67. The SMILES string of the molecule is CS(=O)(=O)Nc1ccc2c(c1)S(=O)(=O)N=C(C1=C(O)C3CCCCC3N(Cc3ccc(F)cc3)C1=O)N2. The van der Waals surface area contributed by atoms with Gasteiger partial charge in [-0.05, 0) is 48.7 Å². The molecule has 0 saturated heterocycles. The van der Waals surface area contributed by atoms with Gasteiger partial charge >= 0.3 is 0 Å². The molecule has 2 aromatic carbocycles. The molecule has 2 heterocycles. The number of nitrogens with one attached hydrogen (secondary N) is 2. The van der Waals surface area contributed by atoms with Crippen molar-refractivity contribution in [3.05, 3.63) is 65.2 Å². The van der Waals surface area contributed by atoms with Gasteiger partial charge in [0.05, 0.1) is 11.9 Å². The van der Waals surface area contributed by atoms with E-state index in [9.17, 15) is 31.1 Å². The van der Waals surface area contributed by atoms with Crippen molar-refractivity contribution in [2.75, 3.05) is 16.3 Å². The average Bonchev–Trinajstić information content (AvgIpc) is 2.82. The summed E-state index contributed by atoms with van der Waals surface area (Å²) in [5.74, 6) is -1.87. The number of carbonyl (C=O) groups excluding carboxylic acids is 1. The average molecular weight is 549 g/mol. The van der Waals surface area contributed by atoms with Crippen LogP contribution in [0.2, 0.25) is 0 Å².